The fourth-order valence-corrected chi connectivity index (χ4v) is 3.22. The Morgan fingerprint density at radius 3 is 2.86 bits per heavy atom. The fourth-order valence-electron chi connectivity index (χ4n) is 2.54. The summed E-state index contributed by atoms with van der Waals surface area (Å²) in [6, 6.07) is 5.48. The summed E-state index contributed by atoms with van der Waals surface area (Å²) in [5, 5.41) is 1.27. The maximum absolute atomic E-state index is 12.0. The quantitative estimate of drug-likeness (QED) is 0.824. The lowest BCUT2D eigenvalue weighted by Gasteiger charge is -2.28. The van der Waals surface area contributed by atoms with Gasteiger partial charge in [-0.25, -0.2) is 0 Å². The average molecular weight is 342 g/mol. The van der Waals surface area contributed by atoms with E-state index in [2.05, 4.69) is 14.9 Å². The first-order valence-corrected chi connectivity index (χ1v) is 7.70. The molecule has 2 N–H and O–H groups in total. The lowest BCUT2D eigenvalue weighted by Crippen LogP contribution is -2.35. The van der Waals surface area contributed by atoms with Crippen molar-refractivity contribution in [2.24, 2.45) is 0 Å². The van der Waals surface area contributed by atoms with Gasteiger partial charge in [0.1, 0.15) is 0 Å². The standard InChI is InChI=1S/C14H13Cl2N3OS/c15-9-2-1-8(11(16)5-9)6-19-4-3-12-10(7-19)13(20)18-14(21)17-12/h1-2,5H,3-4,6-7H2,(H2,17,18,20,21). The van der Waals surface area contributed by atoms with Gasteiger partial charge in [0.25, 0.3) is 5.56 Å². The highest BCUT2D eigenvalue weighted by atomic mass is 35.5. The van der Waals surface area contributed by atoms with Crippen molar-refractivity contribution in [1.29, 1.82) is 0 Å². The van der Waals surface area contributed by atoms with Crippen LogP contribution in [0.1, 0.15) is 16.8 Å². The van der Waals surface area contributed by atoms with Crippen molar-refractivity contribution in [1.82, 2.24) is 14.9 Å². The van der Waals surface area contributed by atoms with Crippen LogP contribution in [0, 0.1) is 4.77 Å². The van der Waals surface area contributed by atoms with Gasteiger partial charge in [-0.3, -0.25) is 14.7 Å². The number of aromatic nitrogens is 2. The first kappa shape index (κ1) is 14.8. The Morgan fingerprint density at radius 2 is 2.10 bits per heavy atom. The summed E-state index contributed by atoms with van der Waals surface area (Å²) in [6.07, 6.45) is 0.772. The molecule has 1 aromatic heterocycles. The lowest BCUT2D eigenvalue weighted by atomic mass is 10.1. The van der Waals surface area contributed by atoms with Crippen molar-refractivity contribution < 1.29 is 0 Å². The Hall–Kier alpha value is -1.14. The number of halogens is 2. The molecule has 0 bridgehead atoms. The number of benzene rings is 1. The number of hydrogen-bond donors (Lipinski definition) is 2. The maximum atomic E-state index is 12.0. The molecule has 3 rings (SSSR count). The molecule has 0 aliphatic carbocycles. The SMILES string of the molecule is O=c1[nH]c(=S)[nH]c2c1CN(Cc1ccc(Cl)cc1Cl)CC2. The largest absolute Gasteiger partial charge is 0.335 e. The number of aromatic amines is 2. The molecule has 0 unspecified atom stereocenters. The van der Waals surface area contributed by atoms with Crippen molar-refractivity contribution >= 4 is 35.4 Å². The van der Waals surface area contributed by atoms with Gasteiger partial charge in [-0.1, -0.05) is 29.3 Å². The van der Waals surface area contributed by atoms with Crippen molar-refractivity contribution in [3.8, 4) is 0 Å². The Bertz CT molecular complexity index is 800. The zero-order valence-electron chi connectivity index (χ0n) is 11.1. The van der Waals surface area contributed by atoms with Crippen LogP contribution in [-0.2, 0) is 19.5 Å². The molecule has 2 aromatic rings. The van der Waals surface area contributed by atoms with Gasteiger partial charge in [0.2, 0.25) is 0 Å². The van der Waals surface area contributed by atoms with E-state index in [0.29, 0.717) is 27.9 Å². The van der Waals surface area contributed by atoms with Crippen LogP contribution in [0.25, 0.3) is 0 Å². The van der Waals surface area contributed by atoms with Crippen molar-refractivity contribution in [2.75, 3.05) is 6.54 Å². The highest BCUT2D eigenvalue weighted by Crippen LogP contribution is 2.24. The van der Waals surface area contributed by atoms with Gasteiger partial charge < -0.3 is 4.98 Å². The van der Waals surface area contributed by atoms with Crippen LogP contribution in [0.2, 0.25) is 10.0 Å². The second-order valence-corrected chi connectivity index (χ2v) is 6.31. The van der Waals surface area contributed by atoms with Crippen LogP contribution < -0.4 is 5.56 Å². The summed E-state index contributed by atoms with van der Waals surface area (Å²) < 4.78 is 0.382. The van der Waals surface area contributed by atoms with Gasteiger partial charge >= 0.3 is 0 Å². The van der Waals surface area contributed by atoms with E-state index in [1.807, 2.05) is 12.1 Å². The predicted molar refractivity (Wildman–Crippen MR) is 86.5 cm³/mol. The zero-order valence-corrected chi connectivity index (χ0v) is 13.4. The molecular weight excluding hydrogens is 329 g/mol. The smallest absolute Gasteiger partial charge is 0.256 e. The van der Waals surface area contributed by atoms with Crippen molar-refractivity contribution in [2.45, 2.75) is 19.5 Å². The van der Waals surface area contributed by atoms with Crippen LogP contribution >= 0.6 is 35.4 Å². The van der Waals surface area contributed by atoms with Crippen LogP contribution in [0.5, 0.6) is 0 Å². The molecule has 0 saturated carbocycles. The van der Waals surface area contributed by atoms with Crippen LogP contribution in [-0.4, -0.2) is 21.4 Å². The van der Waals surface area contributed by atoms with Crippen LogP contribution in [0.3, 0.4) is 0 Å². The summed E-state index contributed by atoms with van der Waals surface area (Å²) in [4.78, 5) is 19.9. The summed E-state index contributed by atoms with van der Waals surface area (Å²) >= 11 is 17.1. The Balaban J connectivity index is 1.83. The monoisotopic (exact) mass is 341 g/mol. The van der Waals surface area contributed by atoms with Crippen molar-refractivity contribution in [3.63, 3.8) is 0 Å². The molecule has 0 saturated heterocycles. The molecular formula is C14H13Cl2N3OS. The third-order valence-corrected chi connectivity index (χ3v) is 4.39. The summed E-state index contributed by atoms with van der Waals surface area (Å²) in [5.74, 6) is 0. The van der Waals surface area contributed by atoms with Gasteiger partial charge in [0.05, 0.1) is 5.56 Å². The average Bonchev–Trinajstić information content (AvgIpc) is 2.42. The zero-order chi connectivity index (χ0) is 15.0. The van der Waals surface area contributed by atoms with Gasteiger partial charge in [0, 0.05) is 41.8 Å². The van der Waals surface area contributed by atoms with E-state index in [0.717, 1.165) is 29.8 Å². The number of H-pyrrole nitrogens is 2. The normalized spacial score (nSPS) is 15.0. The Morgan fingerprint density at radius 1 is 1.29 bits per heavy atom. The summed E-state index contributed by atoms with van der Waals surface area (Å²) in [7, 11) is 0. The molecule has 1 aliphatic rings. The second kappa shape index (κ2) is 5.93. The van der Waals surface area contributed by atoms with E-state index in [1.54, 1.807) is 6.07 Å². The highest BCUT2D eigenvalue weighted by molar-refractivity contribution is 7.71. The number of hydrogen-bond acceptors (Lipinski definition) is 3. The Kier molecular flexibility index (Phi) is 4.17. The van der Waals surface area contributed by atoms with Crippen LogP contribution in [0.15, 0.2) is 23.0 Å². The van der Waals surface area contributed by atoms with Gasteiger partial charge in [-0.15, -0.1) is 0 Å². The topological polar surface area (TPSA) is 51.9 Å². The molecule has 0 amide bonds. The minimum Gasteiger partial charge on any atom is -0.335 e. The molecule has 0 radical (unpaired) electrons. The molecule has 0 fully saturated rings. The van der Waals surface area contributed by atoms with Crippen molar-refractivity contribution in [3.05, 3.63) is 60.2 Å². The molecule has 21 heavy (non-hydrogen) atoms. The number of fused-ring (bicyclic) bond motifs is 1. The van der Waals surface area contributed by atoms with E-state index in [9.17, 15) is 4.79 Å². The lowest BCUT2D eigenvalue weighted by molar-refractivity contribution is 0.241. The minimum absolute atomic E-state index is 0.111. The van der Waals surface area contributed by atoms with E-state index >= 15 is 0 Å². The molecule has 7 heteroatoms. The highest BCUT2D eigenvalue weighted by Gasteiger charge is 2.20. The Labute approximate surface area is 136 Å². The predicted octanol–water partition coefficient (Wildman–Crippen LogP) is 3.30. The summed E-state index contributed by atoms with van der Waals surface area (Å²) in [5.41, 5.74) is 2.58. The summed E-state index contributed by atoms with van der Waals surface area (Å²) in [6.45, 7) is 2.11. The number of rotatable bonds is 2. The molecule has 1 aromatic carbocycles. The fraction of sp³-hybridized carbons (Fsp3) is 0.286. The first-order chi connectivity index (χ1) is 10.0. The molecule has 2 heterocycles. The van der Waals surface area contributed by atoms with E-state index < -0.39 is 0 Å². The number of nitrogens with zero attached hydrogens (tertiary/aromatic N) is 1. The van der Waals surface area contributed by atoms with Gasteiger partial charge in [0.15, 0.2) is 4.77 Å². The third-order valence-electron chi connectivity index (χ3n) is 3.60. The van der Waals surface area contributed by atoms with Gasteiger partial charge in [-0.05, 0) is 29.9 Å². The first-order valence-electron chi connectivity index (χ1n) is 6.53. The van der Waals surface area contributed by atoms with E-state index in [4.69, 9.17) is 35.4 Å². The maximum Gasteiger partial charge on any atom is 0.256 e. The molecule has 4 nitrogen and oxygen atoms in total. The molecule has 1 aliphatic heterocycles. The van der Waals surface area contributed by atoms with E-state index in [1.165, 1.54) is 0 Å². The van der Waals surface area contributed by atoms with Gasteiger partial charge in [-0.2, -0.15) is 0 Å². The minimum atomic E-state index is -0.111. The molecule has 110 valence electrons. The molecule has 0 spiro atoms. The number of nitrogens with one attached hydrogen (secondary N) is 2. The third kappa shape index (κ3) is 3.21. The second-order valence-electron chi connectivity index (χ2n) is 5.06. The molecule has 0 atom stereocenters. The van der Waals surface area contributed by atoms with Crippen LogP contribution in [0.4, 0.5) is 0 Å². The van der Waals surface area contributed by atoms with E-state index in [-0.39, 0.29) is 5.56 Å².